The first-order valence-electron chi connectivity index (χ1n) is 6.24. The summed E-state index contributed by atoms with van der Waals surface area (Å²) in [7, 11) is 0. The molecule has 0 N–H and O–H groups in total. The largest absolute Gasteiger partial charge is 0.419 e. The van der Waals surface area contributed by atoms with Crippen LogP contribution in [0.15, 0.2) is 18.2 Å². The minimum Gasteiger partial charge on any atom is -0.376 e. The average Bonchev–Trinajstić information content (AvgIpc) is 2.77. The number of hydrogen-bond donors (Lipinski definition) is 0. The Hall–Kier alpha value is -1.47. The number of alkyl halides is 3. The predicted molar refractivity (Wildman–Crippen MR) is 72.6 cm³/mol. The zero-order chi connectivity index (χ0) is 15.6. The summed E-state index contributed by atoms with van der Waals surface area (Å²) in [6.07, 6.45) is -4.72. The van der Waals surface area contributed by atoms with Gasteiger partial charge in [-0.3, -0.25) is 0 Å². The van der Waals surface area contributed by atoms with Gasteiger partial charge in [0.05, 0.1) is 22.7 Å². The summed E-state index contributed by atoms with van der Waals surface area (Å²) in [5.74, 6) is -1.28. The highest BCUT2D eigenvalue weighted by Gasteiger charge is 2.34. The normalized spacial score (nSPS) is 11.9. The van der Waals surface area contributed by atoms with E-state index in [9.17, 15) is 17.6 Å². The first-order chi connectivity index (χ1) is 9.82. The molecule has 0 spiro atoms. The fraction of sp³-hybridized carbons (Fsp3) is 0.357. The second-order valence-electron chi connectivity index (χ2n) is 4.36. The van der Waals surface area contributed by atoms with Crippen molar-refractivity contribution >= 4 is 11.3 Å². The Bertz CT molecular complexity index is 636. The SMILES string of the molecule is CCOCc1sc(-c2ccc(F)c(C(F)(F)F)c2)nc1C. The number of rotatable bonds is 4. The van der Waals surface area contributed by atoms with Crippen LogP contribution in [0.1, 0.15) is 23.1 Å². The number of thiazole rings is 1. The third-order valence-corrected chi connectivity index (χ3v) is 4.03. The third-order valence-electron chi connectivity index (χ3n) is 2.85. The first kappa shape index (κ1) is 15.9. The Morgan fingerprint density at radius 3 is 2.62 bits per heavy atom. The van der Waals surface area contributed by atoms with Crippen LogP contribution in [0.4, 0.5) is 17.6 Å². The number of ether oxygens (including phenoxy) is 1. The van der Waals surface area contributed by atoms with Crippen LogP contribution < -0.4 is 0 Å². The molecule has 0 saturated heterocycles. The maximum Gasteiger partial charge on any atom is 0.419 e. The van der Waals surface area contributed by atoms with Crippen molar-refractivity contribution in [3.05, 3.63) is 40.2 Å². The molecule has 1 aromatic carbocycles. The highest BCUT2D eigenvalue weighted by molar-refractivity contribution is 7.15. The molecule has 0 radical (unpaired) electrons. The van der Waals surface area contributed by atoms with Gasteiger partial charge in [0.15, 0.2) is 0 Å². The van der Waals surface area contributed by atoms with Gasteiger partial charge in [-0.05, 0) is 32.0 Å². The topological polar surface area (TPSA) is 22.1 Å². The molecule has 0 aliphatic rings. The van der Waals surface area contributed by atoms with E-state index in [0.717, 1.165) is 17.0 Å². The lowest BCUT2D eigenvalue weighted by atomic mass is 10.1. The molecule has 0 fully saturated rings. The van der Waals surface area contributed by atoms with Crippen LogP contribution in [0.3, 0.4) is 0 Å². The number of hydrogen-bond acceptors (Lipinski definition) is 3. The van der Waals surface area contributed by atoms with Gasteiger partial charge in [-0.15, -0.1) is 11.3 Å². The molecule has 0 aliphatic carbocycles. The van der Waals surface area contributed by atoms with Gasteiger partial charge in [0.25, 0.3) is 0 Å². The Labute approximate surface area is 123 Å². The number of halogens is 4. The van der Waals surface area contributed by atoms with Crippen molar-refractivity contribution in [3.8, 4) is 10.6 Å². The molecule has 1 heterocycles. The minimum atomic E-state index is -4.72. The molecule has 0 aliphatic heterocycles. The predicted octanol–water partition coefficient (Wildman–Crippen LogP) is 4.81. The Morgan fingerprint density at radius 1 is 1.29 bits per heavy atom. The number of nitrogens with zero attached hydrogens (tertiary/aromatic N) is 1. The van der Waals surface area contributed by atoms with Crippen molar-refractivity contribution in [2.45, 2.75) is 26.6 Å². The maximum absolute atomic E-state index is 13.3. The number of benzene rings is 1. The van der Waals surface area contributed by atoms with Gasteiger partial charge < -0.3 is 4.74 Å². The monoisotopic (exact) mass is 319 g/mol. The quantitative estimate of drug-likeness (QED) is 0.754. The van der Waals surface area contributed by atoms with E-state index in [2.05, 4.69) is 4.98 Å². The van der Waals surface area contributed by atoms with Gasteiger partial charge in [-0.2, -0.15) is 13.2 Å². The van der Waals surface area contributed by atoms with E-state index in [-0.39, 0.29) is 5.56 Å². The standard InChI is InChI=1S/C14H13F4NOS/c1-3-20-7-12-8(2)19-13(21-12)9-4-5-11(15)10(6-9)14(16,17)18/h4-6H,3,7H2,1-2H3. The van der Waals surface area contributed by atoms with Crippen LogP contribution in [0.25, 0.3) is 10.6 Å². The molecule has 1 aromatic heterocycles. The second-order valence-corrected chi connectivity index (χ2v) is 5.44. The van der Waals surface area contributed by atoms with E-state index >= 15 is 0 Å². The molecule has 0 saturated carbocycles. The molecule has 2 aromatic rings. The van der Waals surface area contributed by atoms with Crippen LogP contribution in [0.2, 0.25) is 0 Å². The zero-order valence-electron chi connectivity index (χ0n) is 11.4. The van der Waals surface area contributed by atoms with Crippen LogP contribution in [0, 0.1) is 12.7 Å². The zero-order valence-corrected chi connectivity index (χ0v) is 12.2. The summed E-state index contributed by atoms with van der Waals surface area (Å²) in [5, 5.41) is 0.424. The van der Waals surface area contributed by atoms with E-state index in [1.807, 2.05) is 6.92 Å². The van der Waals surface area contributed by atoms with Gasteiger partial charge in [0.1, 0.15) is 10.8 Å². The average molecular weight is 319 g/mol. The Morgan fingerprint density at radius 2 is 2.00 bits per heavy atom. The highest BCUT2D eigenvalue weighted by Crippen LogP contribution is 2.36. The van der Waals surface area contributed by atoms with E-state index in [0.29, 0.717) is 23.9 Å². The molecule has 0 bridgehead atoms. The van der Waals surface area contributed by atoms with Crippen LogP contribution in [0.5, 0.6) is 0 Å². The molecular formula is C14H13F4NOS. The lowest BCUT2D eigenvalue weighted by Gasteiger charge is -2.08. The summed E-state index contributed by atoms with van der Waals surface area (Å²) >= 11 is 1.25. The Balaban J connectivity index is 2.39. The van der Waals surface area contributed by atoms with Gasteiger partial charge >= 0.3 is 6.18 Å². The van der Waals surface area contributed by atoms with Gasteiger partial charge in [-0.25, -0.2) is 9.37 Å². The lowest BCUT2D eigenvalue weighted by molar-refractivity contribution is -0.139. The van der Waals surface area contributed by atoms with Crippen molar-refractivity contribution < 1.29 is 22.3 Å². The molecule has 7 heteroatoms. The van der Waals surface area contributed by atoms with Crippen molar-refractivity contribution in [1.82, 2.24) is 4.98 Å². The molecule has 2 nitrogen and oxygen atoms in total. The van der Waals surface area contributed by atoms with Crippen molar-refractivity contribution in [2.75, 3.05) is 6.61 Å². The summed E-state index contributed by atoms with van der Waals surface area (Å²) in [6, 6.07) is 2.91. The lowest BCUT2D eigenvalue weighted by Crippen LogP contribution is -2.08. The molecule has 21 heavy (non-hydrogen) atoms. The Kier molecular flexibility index (Phi) is 4.63. The van der Waals surface area contributed by atoms with Crippen molar-refractivity contribution in [1.29, 1.82) is 0 Å². The molecule has 114 valence electrons. The second kappa shape index (κ2) is 6.11. The van der Waals surface area contributed by atoms with Gasteiger partial charge in [0.2, 0.25) is 0 Å². The summed E-state index contributed by atoms with van der Waals surface area (Å²) in [5.41, 5.74) is -0.319. The molecular weight excluding hydrogens is 306 g/mol. The highest BCUT2D eigenvalue weighted by atomic mass is 32.1. The summed E-state index contributed by atoms with van der Waals surface area (Å²) in [6.45, 7) is 4.53. The smallest absolute Gasteiger partial charge is 0.376 e. The van der Waals surface area contributed by atoms with Crippen LogP contribution >= 0.6 is 11.3 Å². The fourth-order valence-electron chi connectivity index (χ4n) is 1.76. The maximum atomic E-state index is 13.3. The molecule has 2 rings (SSSR count). The summed E-state index contributed by atoms with van der Waals surface area (Å²) < 4.78 is 56.7. The van der Waals surface area contributed by atoms with Crippen LogP contribution in [-0.4, -0.2) is 11.6 Å². The summed E-state index contributed by atoms with van der Waals surface area (Å²) in [4.78, 5) is 5.09. The van der Waals surface area contributed by atoms with Crippen LogP contribution in [-0.2, 0) is 17.5 Å². The van der Waals surface area contributed by atoms with E-state index in [1.54, 1.807) is 6.92 Å². The number of aromatic nitrogens is 1. The van der Waals surface area contributed by atoms with E-state index in [1.165, 1.54) is 17.4 Å². The fourth-order valence-corrected chi connectivity index (χ4v) is 2.75. The van der Waals surface area contributed by atoms with E-state index < -0.39 is 17.6 Å². The number of aryl methyl sites for hydroxylation is 1. The van der Waals surface area contributed by atoms with Gasteiger partial charge in [0, 0.05) is 12.2 Å². The third kappa shape index (κ3) is 3.59. The molecule has 0 unspecified atom stereocenters. The van der Waals surface area contributed by atoms with Crippen molar-refractivity contribution in [3.63, 3.8) is 0 Å². The first-order valence-corrected chi connectivity index (χ1v) is 7.05. The molecule has 0 atom stereocenters. The van der Waals surface area contributed by atoms with Gasteiger partial charge in [-0.1, -0.05) is 0 Å². The minimum absolute atomic E-state index is 0.250. The molecule has 0 amide bonds. The van der Waals surface area contributed by atoms with E-state index in [4.69, 9.17) is 4.74 Å². The van der Waals surface area contributed by atoms with Crippen molar-refractivity contribution in [2.24, 2.45) is 0 Å².